The standard InChI is InChI=1S/C18H23F3N2/c19-18(20,21)15-1-2-16(23-11-15)22-4-3-17-8-12-5-13(9-17)7-14(6-12)10-17/h1-2,11-14H,3-10H2,(H,22,23). The molecule has 1 N–H and O–H groups in total. The van der Waals surface area contributed by atoms with Gasteiger partial charge in [0.15, 0.2) is 0 Å². The number of alkyl halides is 3. The minimum atomic E-state index is -4.31. The van der Waals surface area contributed by atoms with E-state index in [1.807, 2.05) is 0 Å². The molecule has 4 aliphatic carbocycles. The van der Waals surface area contributed by atoms with Gasteiger partial charge in [0, 0.05) is 12.7 Å². The number of nitrogens with one attached hydrogen (secondary N) is 1. The van der Waals surface area contributed by atoms with Gasteiger partial charge in [0.25, 0.3) is 0 Å². The van der Waals surface area contributed by atoms with Crippen LogP contribution < -0.4 is 5.32 Å². The summed E-state index contributed by atoms with van der Waals surface area (Å²) in [7, 11) is 0. The first-order chi connectivity index (χ1) is 10.9. The average Bonchev–Trinajstić information content (AvgIpc) is 2.45. The van der Waals surface area contributed by atoms with Crippen LogP contribution in [0, 0.1) is 23.2 Å². The van der Waals surface area contributed by atoms with Crippen LogP contribution in [0.2, 0.25) is 0 Å². The molecule has 126 valence electrons. The molecule has 0 saturated heterocycles. The molecule has 4 fully saturated rings. The van der Waals surface area contributed by atoms with Crippen molar-refractivity contribution in [2.75, 3.05) is 11.9 Å². The third-order valence-electron chi connectivity index (χ3n) is 6.22. The molecule has 5 heteroatoms. The average molecular weight is 324 g/mol. The lowest BCUT2D eigenvalue weighted by atomic mass is 9.49. The second kappa shape index (κ2) is 5.38. The fourth-order valence-electron chi connectivity index (χ4n) is 5.72. The number of nitrogens with zero attached hydrogens (tertiary/aromatic N) is 1. The predicted octanol–water partition coefficient (Wildman–Crippen LogP) is 5.12. The van der Waals surface area contributed by atoms with Gasteiger partial charge in [-0.1, -0.05) is 0 Å². The van der Waals surface area contributed by atoms with E-state index in [1.165, 1.54) is 44.6 Å². The van der Waals surface area contributed by atoms with Crippen molar-refractivity contribution in [2.45, 2.75) is 51.1 Å². The van der Waals surface area contributed by atoms with Crippen LogP contribution in [0.4, 0.5) is 19.0 Å². The summed E-state index contributed by atoms with van der Waals surface area (Å²) in [5.74, 6) is 3.35. The van der Waals surface area contributed by atoms with E-state index in [0.29, 0.717) is 11.2 Å². The monoisotopic (exact) mass is 324 g/mol. The number of anilines is 1. The van der Waals surface area contributed by atoms with E-state index in [-0.39, 0.29) is 0 Å². The Morgan fingerprint density at radius 1 is 1.04 bits per heavy atom. The fraction of sp³-hybridized carbons (Fsp3) is 0.722. The number of pyridine rings is 1. The van der Waals surface area contributed by atoms with Gasteiger partial charge in [0.1, 0.15) is 5.82 Å². The Hall–Kier alpha value is -1.26. The lowest BCUT2D eigenvalue weighted by Gasteiger charge is -2.57. The molecule has 0 aromatic carbocycles. The van der Waals surface area contributed by atoms with Gasteiger partial charge in [-0.2, -0.15) is 13.2 Å². The largest absolute Gasteiger partial charge is 0.417 e. The maximum atomic E-state index is 12.5. The minimum absolute atomic E-state index is 0.494. The van der Waals surface area contributed by atoms with Crippen molar-refractivity contribution in [2.24, 2.45) is 23.2 Å². The van der Waals surface area contributed by atoms with Gasteiger partial charge in [-0.15, -0.1) is 0 Å². The summed E-state index contributed by atoms with van der Waals surface area (Å²) >= 11 is 0. The Balaban J connectivity index is 1.34. The SMILES string of the molecule is FC(F)(F)c1ccc(NCCC23CC4CC(CC(C4)C2)C3)nc1. The molecule has 4 bridgehead atoms. The Morgan fingerprint density at radius 3 is 2.13 bits per heavy atom. The van der Waals surface area contributed by atoms with E-state index < -0.39 is 11.7 Å². The Kier molecular flexibility index (Phi) is 3.58. The Morgan fingerprint density at radius 2 is 1.65 bits per heavy atom. The molecule has 0 radical (unpaired) electrons. The second-order valence-corrected chi connectivity index (χ2v) is 8.02. The number of hydrogen-bond acceptors (Lipinski definition) is 2. The van der Waals surface area contributed by atoms with Crippen LogP contribution in [-0.2, 0) is 6.18 Å². The summed E-state index contributed by atoms with van der Waals surface area (Å²) in [5, 5.41) is 3.22. The number of halogens is 3. The van der Waals surface area contributed by atoms with E-state index >= 15 is 0 Å². The summed E-state index contributed by atoms with van der Waals surface area (Å²) in [6, 6.07) is 2.53. The van der Waals surface area contributed by atoms with E-state index in [4.69, 9.17) is 0 Å². The van der Waals surface area contributed by atoms with Crippen LogP contribution >= 0.6 is 0 Å². The molecule has 0 amide bonds. The molecule has 0 atom stereocenters. The topological polar surface area (TPSA) is 24.9 Å². The Labute approximate surface area is 134 Å². The highest BCUT2D eigenvalue weighted by Crippen LogP contribution is 2.61. The van der Waals surface area contributed by atoms with Gasteiger partial charge in [-0.3, -0.25) is 0 Å². The molecule has 4 aliphatic rings. The van der Waals surface area contributed by atoms with Crippen molar-refractivity contribution >= 4 is 5.82 Å². The molecule has 1 aromatic heterocycles. The zero-order valence-electron chi connectivity index (χ0n) is 13.2. The minimum Gasteiger partial charge on any atom is -0.370 e. The summed E-state index contributed by atoms with van der Waals surface area (Å²) in [4.78, 5) is 3.90. The first-order valence-corrected chi connectivity index (χ1v) is 8.69. The summed E-state index contributed by atoms with van der Waals surface area (Å²) in [6.07, 6.45) is 6.12. The molecular formula is C18H23F3N2. The van der Waals surface area contributed by atoms with E-state index in [9.17, 15) is 13.2 Å². The van der Waals surface area contributed by atoms with Gasteiger partial charge in [0.05, 0.1) is 5.56 Å². The van der Waals surface area contributed by atoms with E-state index in [2.05, 4.69) is 10.3 Å². The maximum Gasteiger partial charge on any atom is 0.417 e. The quantitative estimate of drug-likeness (QED) is 0.831. The van der Waals surface area contributed by atoms with Crippen LogP contribution in [0.25, 0.3) is 0 Å². The first-order valence-electron chi connectivity index (χ1n) is 8.69. The smallest absolute Gasteiger partial charge is 0.370 e. The number of rotatable bonds is 4. The molecule has 5 rings (SSSR count). The molecule has 1 heterocycles. The molecule has 0 spiro atoms. The van der Waals surface area contributed by atoms with Crippen molar-refractivity contribution in [1.29, 1.82) is 0 Å². The first kappa shape index (κ1) is 15.3. The molecular weight excluding hydrogens is 301 g/mol. The van der Waals surface area contributed by atoms with E-state index in [0.717, 1.165) is 43.0 Å². The van der Waals surface area contributed by atoms with Crippen molar-refractivity contribution in [1.82, 2.24) is 4.98 Å². The highest BCUT2D eigenvalue weighted by Gasteiger charge is 2.50. The molecule has 23 heavy (non-hydrogen) atoms. The third-order valence-corrected chi connectivity index (χ3v) is 6.22. The van der Waals surface area contributed by atoms with Crippen LogP contribution in [0.15, 0.2) is 18.3 Å². The van der Waals surface area contributed by atoms with Crippen molar-refractivity contribution in [3.05, 3.63) is 23.9 Å². The van der Waals surface area contributed by atoms with Gasteiger partial charge < -0.3 is 5.32 Å². The number of aromatic nitrogens is 1. The normalized spacial score (nSPS) is 35.5. The zero-order valence-corrected chi connectivity index (χ0v) is 13.2. The summed E-state index contributed by atoms with van der Waals surface area (Å²) in [5.41, 5.74) is -0.197. The molecule has 0 unspecified atom stereocenters. The second-order valence-electron chi connectivity index (χ2n) is 8.02. The highest BCUT2D eigenvalue weighted by atomic mass is 19.4. The lowest BCUT2D eigenvalue weighted by molar-refractivity contribution is -0.137. The van der Waals surface area contributed by atoms with Crippen LogP contribution in [0.5, 0.6) is 0 Å². The Bertz CT molecular complexity index is 529. The van der Waals surface area contributed by atoms with Crippen LogP contribution in [-0.4, -0.2) is 11.5 Å². The summed E-state index contributed by atoms with van der Waals surface area (Å²) < 4.78 is 37.6. The van der Waals surface area contributed by atoms with Crippen molar-refractivity contribution < 1.29 is 13.2 Å². The van der Waals surface area contributed by atoms with Crippen molar-refractivity contribution in [3.8, 4) is 0 Å². The fourth-order valence-corrected chi connectivity index (χ4v) is 5.72. The third kappa shape index (κ3) is 3.07. The van der Waals surface area contributed by atoms with Crippen LogP contribution in [0.1, 0.15) is 50.5 Å². The predicted molar refractivity (Wildman–Crippen MR) is 83.0 cm³/mol. The molecule has 0 aliphatic heterocycles. The molecule has 1 aromatic rings. The molecule has 2 nitrogen and oxygen atoms in total. The number of hydrogen-bond donors (Lipinski definition) is 1. The van der Waals surface area contributed by atoms with Gasteiger partial charge >= 0.3 is 6.18 Å². The summed E-state index contributed by atoms with van der Waals surface area (Å²) in [6.45, 7) is 0.810. The van der Waals surface area contributed by atoms with Gasteiger partial charge in [-0.05, 0) is 80.2 Å². The zero-order chi connectivity index (χ0) is 16.1. The molecule has 4 saturated carbocycles. The van der Waals surface area contributed by atoms with Crippen molar-refractivity contribution in [3.63, 3.8) is 0 Å². The van der Waals surface area contributed by atoms with E-state index in [1.54, 1.807) is 0 Å². The maximum absolute atomic E-state index is 12.5. The highest BCUT2D eigenvalue weighted by molar-refractivity contribution is 5.36. The van der Waals surface area contributed by atoms with Gasteiger partial charge in [-0.25, -0.2) is 4.98 Å². The van der Waals surface area contributed by atoms with Crippen LogP contribution in [0.3, 0.4) is 0 Å². The van der Waals surface area contributed by atoms with Gasteiger partial charge in [0.2, 0.25) is 0 Å². The lowest BCUT2D eigenvalue weighted by Crippen LogP contribution is -2.46.